The number of aryl methyl sites for hydroxylation is 2. The van der Waals surface area contributed by atoms with E-state index in [1.54, 1.807) is 0 Å². The first-order valence-electron chi connectivity index (χ1n) is 5.68. The van der Waals surface area contributed by atoms with Gasteiger partial charge >= 0.3 is 0 Å². The van der Waals surface area contributed by atoms with E-state index in [1.807, 2.05) is 32.0 Å². The van der Waals surface area contributed by atoms with Gasteiger partial charge in [0.15, 0.2) is 0 Å². The van der Waals surface area contributed by atoms with Gasteiger partial charge < -0.3 is 9.90 Å². The van der Waals surface area contributed by atoms with Gasteiger partial charge in [-0.2, -0.15) is 5.10 Å². The van der Waals surface area contributed by atoms with E-state index >= 15 is 0 Å². The van der Waals surface area contributed by atoms with Crippen LogP contribution in [0.15, 0.2) is 23.3 Å². The summed E-state index contributed by atoms with van der Waals surface area (Å²) in [6, 6.07) is 5.62. The highest BCUT2D eigenvalue weighted by molar-refractivity contribution is 6.36. The summed E-state index contributed by atoms with van der Waals surface area (Å²) in [6.45, 7) is 3.76. The van der Waals surface area contributed by atoms with Crippen LogP contribution in [0.3, 0.4) is 0 Å². The second-order valence-corrected chi connectivity index (χ2v) is 4.33. The molecule has 5 nitrogen and oxygen atoms in total. The van der Waals surface area contributed by atoms with Crippen molar-refractivity contribution in [3.63, 3.8) is 0 Å². The topological polar surface area (TPSA) is 72.8 Å². The number of hydrogen-bond acceptors (Lipinski definition) is 4. The monoisotopic (exact) mass is 245 g/mol. The van der Waals surface area contributed by atoms with E-state index in [0.717, 1.165) is 16.1 Å². The number of carboxylic acid groups (broad SMARTS) is 1. The minimum absolute atomic E-state index is 0.0875. The summed E-state index contributed by atoms with van der Waals surface area (Å²) in [5.41, 5.74) is 2.39. The van der Waals surface area contributed by atoms with Crippen LogP contribution in [-0.4, -0.2) is 17.6 Å². The molecule has 0 bridgehead atoms. The molecule has 1 aromatic carbocycles. The van der Waals surface area contributed by atoms with Gasteiger partial charge in [0.25, 0.3) is 0 Å². The lowest BCUT2D eigenvalue weighted by atomic mass is 10.1. The van der Waals surface area contributed by atoms with Crippen LogP contribution in [0, 0.1) is 13.8 Å². The predicted octanol–water partition coefficient (Wildman–Crippen LogP) is 0.536. The Balaban J connectivity index is 2.47. The largest absolute Gasteiger partial charge is 0.543 e. The van der Waals surface area contributed by atoms with E-state index in [0.29, 0.717) is 5.69 Å². The Morgan fingerprint density at radius 1 is 1.33 bits per heavy atom. The highest BCUT2D eigenvalue weighted by Crippen LogP contribution is 2.25. The van der Waals surface area contributed by atoms with E-state index in [9.17, 15) is 14.7 Å². The smallest absolute Gasteiger partial charge is 0.247 e. The summed E-state index contributed by atoms with van der Waals surface area (Å²) in [6.07, 6.45) is 0.267. The maximum atomic E-state index is 11.8. The standard InChI is InChI=1S/C13H14N2O3/c1-8-3-4-9(2)11(7-8)15-12(16)6-5-10(14-15)13(17)18/h3-4,7H,5-6H2,1-2H3,(H,17,18)/p-1. The second-order valence-electron chi connectivity index (χ2n) is 4.33. The summed E-state index contributed by atoms with van der Waals surface area (Å²) in [5, 5.41) is 15.8. The minimum Gasteiger partial charge on any atom is -0.543 e. The molecule has 0 saturated carbocycles. The van der Waals surface area contributed by atoms with Crippen molar-refractivity contribution >= 4 is 23.3 Å². The van der Waals surface area contributed by atoms with Crippen LogP contribution in [0.2, 0.25) is 0 Å². The average Bonchev–Trinajstić information content (AvgIpc) is 2.33. The number of benzene rings is 1. The number of rotatable bonds is 2. The number of hydrazone groups is 1. The summed E-state index contributed by atoms with van der Waals surface area (Å²) in [4.78, 5) is 22.6. The molecule has 1 aliphatic heterocycles. The third-order valence-corrected chi connectivity index (χ3v) is 2.86. The Hall–Kier alpha value is -2.17. The molecule has 94 valence electrons. The van der Waals surface area contributed by atoms with Crippen molar-refractivity contribution in [2.24, 2.45) is 5.10 Å². The van der Waals surface area contributed by atoms with Crippen LogP contribution in [-0.2, 0) is 9.59 Å². The second kappa shape index (κ2) is 4.60. The zero-order valence-corrected chi connectivity index (χ0v) is 10.3. The van der Waals surface area contributed by atoms with Crippen molar-refractivity contribution < 1.29 is 14.7 Å². The number of carboxylic acids is 1. The number of anilines is 1. The quantitative estimate of drug-likeness (QED) is 0.763. The molecule has 0 unspecified atom stereocenters. The fourth-order valence-corrected chi connectivity index (χ4v) is 1.84. The van der Waals surface area contributed by atoms with E-state index < -0.39 is 5.97 Å². The number of carbonyl (C=O) groups is 2. The van der Waals surface area contributed by atoms with Crippen molar-refractivity contribution in [3.05, 3.63) is 29.3 Å². The fourth-order valence-electron chi connectivity index (χ4n) is 1.84. The maximum absolute atomic E-state index is 11.8. The van der Waals surface area contributed by atoms with Crippen molar-refractivity contribution in [3.8, 4) is 0 Å². The Kier molecular flexibility index (Phi) is 3.14. The molecule has 0 aliphatic carbocycles. The Morgan fingerprint density at radius 2 is 2.06 bits per heavy atom. The lowest BCUT2D eigenvalue weighted by Crippen LogP contribution is -2.40. The normalized spacial score (nSPS) is 15.6. The minimum atomic E-state index is -1.32. The molecule has 0 atom stereocenters. The first-order valence-corrected chi connectivity index (χ1v) is 5.68. The molecule has 1 heterocycles. The number of nitrogens with zero attached hydrogens (tertiary/aromatic N) is 2. The molecule has 18 heavy (non-hydrogen) atoms. The first kappa shape index (κ1) is 12.3. The van der Waals surface area contributed by atoms with Gasteiger partial charge in [-0.3, -0.25) is 4.79 Å². The van der Waals surface area contributed by atoms with Gasteiger partial charge in [-0.25, -0.2) is 5.01 Å². The van der Waals surface area contributed by atoms with Crippen molar-refractivity contribution in [1.29, 1.82) is 0 Å². The van der Waals surface area contributed by atoms with Gasteiger partial charge in [0.1, 0.15) is 0 Å². The SMILES string of the molecule is Cc1ccc(C)c(N2N=C(C(=O)[O-])CCC2=O)c1. The van der Waals surface area contributed by atoms with E-state index in [2.05, 4.69) is 5.10 Å². The molecular weight excluding hydrogens is 232 g/mol. The molecule has 2 rings (SSSR count). The van der Waals surface area contributed by atoms with Crippen molar-refractivity contribution in [2.45, 2.75) is 26.7 Å². The molecule has 1 aliphatic rings. The van der Waals surface area contributed by atoms with E-state index in [4.69, 9.17) is 0 Å². The van der Waals surface area contributed by atoms with Crippen LogP contribution >= 0.6 is 0 Å². The Labute approximate surface area is 105 Å². The number of aliphatic carboxylic acids is 1. The van der Waals surface area contributed by atoms with Gasteiger partial charge in [0.2, 0.25) is 5.91 Å². The van der Waals surface area contributed by atoms with Gasteiger partial charge in [-0.1, -0.05) is 12.1 Å². The lowest BCUT2D eigenvalue weighted by Gasteiger charge is -2.25. The van der Waals surface area contributed by atoms with E-state index in [1.165, 1.54) is 0 Å². The van der Waals surface area contributed by atoms with Crippen LogP contribution in [0.5, 0.6) is 0 Å². The third kappa shape index (κ3) is 2.25. The van der Waals surface area contributed by atoms with E-state index in [-0.39, 0.29) is 24.5 Å². The van der Waals surface area contributed by atoms with Crippen LogP contribution in [0.25, 0.3) is 0 Å². The van der Waals surface area contributed by atoms with Gasteiger partial charge in [-0.05, 0) is 31.0 Å². The summed E-state index contributed by atoms with van der Waals surface area (Å²) in [5.74, 6) is -1.52. The molecule has 0 saturated heterocycles. The molecule has 1 amide bonds. The zero-order chi connectivity index (χ0) is 13.3. The third-order valence-electron chi connectivity index (χ3n) is 2.86. The molecule has 0 aromatic heterocycles. The highest BCUT2D eigenvalue weighted by Gasteiger charge is 2.23. The number of amides is 1. The van der Waals surface area contributed by atoms with Crippen molar-refractivity contribution in [2.75, 3.05) is 5.01 Å². The van der Waals surface area contributed by atoms with Crippen molar-refractivity contribution in [1.82, 2.24) is 0 Å². The molecular formula is C13H13N2O3-. The van der Waals surface area contributed by atoms with Crippen LogP contribution < -0.4 is 10.1 Å². The summed E-state index contributed by atoms with van der Waals surface area (Å²) in [7, 11) is 0. The van der Waals surface area contributed by atoms with Crippen LogP contribution in [0.1, 0.15) is 24.0 Å². The zero-order valence-electron chi connectivity index (χ0n) is 10.3. The lowest BCUT2D eigenvalue weighted by molar-refractivity contribution is -0.294. The molecule has 5 heteroatoms. The molecule has 0 spiro atoms. The molecule has 1 aromatic rings. The summed E-state index contributed by atoms with van der Waals surface area (Å²) >= 11 is 0. The van der Waals surface area contributed by atoms with Gasteiger partial charge in [0.05, 0.1) is 17.4 Å². The molecule has 0 N–H and O–H groups in total. The fraction of sp³-hybridized carbons (Fsp3) is 0.308. The Morgan fingerprint density at radius 3 is 2.72 bits per heavy atom. The molecule has 0 fully saturated rings. The molecule has 0 radical (unpaired) electrons. The number of hydrogen-bond donors (Lipinski definition) is 0. The van der Waals surface area contributed by atoms with Gasteiger partial charge in [-0.15, -0.1) is 0 Å². The number of carbonyl (C=O) groups excluding carboxylic acids is 2. The Bertz CT molecular complexity index is 549. The first-order chi connectivity index (χ1) is 8.49. The van der Waals surface area contributed by atoms with Gasteiger partial charge in [0, 0.05) is 12.8 Å². The average molecular weight is 245 g/mol. The van der Waals surface area contributed by atoms with Crippen LogP contribution in [0.4, 0.5) is 5.69 Å². The maximum Gasteiger partial charge on any atom is 0.247 e. The predicted molar refractivity (Wildman–Crippen MR) is 65.1 cm³/mol. The summed E-state index contributed by atoms with van der Waals surface area (Å²) < 4.78 is 0. The highest BCUT2D eigenvalue weighted by atomic mass is 16.4.